The van der Waals surface area contributed by atoms with Crippen LogP contribution < -0.4 is 10.6 Å². The molecule has 15 heavy (non-hydrogen) atoms. The van der Waals surface area contributed by atoms with Crippen molar-refractivity contribution in [2.24, 2.45) is 0 Å². The third kappa shape index (κ3) is 41.6. The van der Waals surface area contributed by atoms with E-state index in [1.807, 2.05) is 20.8 Å². The van der Waals surface area contributed by atoms with Gasteiger partial charge in [0.05, 0.1) is 19.8 Å². The van der Waals surface area contributed by atoms with Gasteiger partial charge in [0.15, 0.2) is 0 Å². The highest BCUT2D eigenvalue weighted by molar-refractivity contribution is 4.39. The Hall–Kier alpha value is -0.200. The second-order valence-corrected chi connectivity index (χ2v) is 2.27. The molecule has 0 heterocycles. The van der Waals surface area contributed by atoms with Crippen LogP contribution in [0, 0.1) is 0 Å². The smallest absolute Gasteiger partial charge is 0.0555 e. The van der Waals surface area contributed by atoms with Crippen molar-refractivity contribution in [2.75, 3.05) is 46.0 Å². The van der Waals surface area contributed by atoms with Crippen LogP contribution in [0.5, 0.6) is 0 Å². The minimum absolute atomic E-state index is 0.139. The second-order valence-electron chi connectivity index (χ2n) is 2.27. The maximum atomic E-state index is 8.15. The average Bonchev–Trinajstić information content (AvgIpc) is 2.31. The fourth-order valence-corrected chi connectivity index (χ4v) is 0.539. The summed E-state index contributed by atoms with van der Waals surface area (Å²) in [6.07, 6.45) is 0. The van der Waals surface area contributed by atoms with Crippen LogP contribution in [0.15, 0.2) is 0 Å². The molecule has 0 saturated carbocycles. The summed E-state index contributed by atoms with van der Waals surface area (Å²) in [5.41, 5.74) is 0. The molecule has 5 heteroatoms. The minimum atomic E-state index is 0.139. The van der Waals surface area contributed by atoms with Crippen molar-refractivity contribution in [3.05, 3.63) is 0 Å². The van der Waals surface area contributed by atoms with Gasteiger partial charge < -0.3 is 26.0 Å². The molecule has 0 aromatic heterocycles. The summed E-state index contributed by atoms with van der Waals surface area (Å²) in [7, 11) is 0. The quantitative estimate of drug-likeness (QED) is 0.365. The maximum absolute atomic E-state index is 8.15. The molecule has 5 N–H and O–H groups in total. The Morgan fingerprint density at radius 3 is 1.27 bits per heavy atom. The number of nitrogens with one attached hydrogen (secondary N) is 2. The lowest BCUT2D eigenvalue weighted by Gasteiger charge is -1.94. The molecule has 0 atom stereocenters. The van der Waals surface area contributed by atoms with Crippen molar-refractivity contribution in [3.8, 4) is 0 Å². The summed E-state index contributed by atoms with van der Waals surface area (Å²) in [6, 6.07) is 0. The molecule has 5 nitrogen and oxygen atoms in total. The zero-order valence-corrected chi connectivity index (χ0v) is 10.3. The van der Waals surface area contributed by atoms with E-state index in [9.17, 15) is 0 Å². The molecule has 0 rings (SSSR count). The summed E-state index contributed by atoms with van der Waals surface area (Å²) in [4.78, 5) is 0. The molecule has 0 aromatic carbocycles. The van der Waals surface area contributed by atoms with Crippen molar-refractivity contribution in [1.29, 1.82) is 0 Å². The van der Waals surface area contributed by atoms with E-state index < -0.39 is 0 Å². The van der Waals surface area contributed by atoms with Crippen LogP contribution in [0.25, 0.3) is 0 Å². The van der Waals surface area contributed by atoms with Crippen LogP contribution in [-0.4, -0.2) is 61.3 Å². The molecule has 0 radical (unpaired) electrons. The highest BCUT2D eigenvalue weighted by Gasteiger charge is 1.78. The van der Waals surface area contributed by atoms with Gasteiger partial charge in [-0.15, -0.1) is 0 Å². The number of aliphatic hydroxyl groups excluding tert-OH is 3. The molecule has 0 bridgehead atoms. The van der Waals surface area contributed by atoms with Gasteiger partial charge in [0.25, 0.3) is 0 Å². The number of rotatable bonds is 7. The Bertz CT molecular complexity index is 67.7. The average molecular weight is 224 g/mol. The van der Waals surface area contributed by atoms with Crippen molar-refractivity contribution in [1.82, 2.24) is 10.6 Å². The van der Waals surface area contributed by atoms with E-state index in [0.717, 1.165) is 13.1 Å². The topological polar surface area (TPSA) is 84.8 Å². The Morgan fingerprint density at radius 1 is 0.733 bits per heavy atom. The van der Waals surface area contributed by atoms with Gasteiger partial charge in [-0.2, -0.15) is 0 Å². The van der Waals surface area contributed by atoms with Crippen LogP contribution in [0.2, 0.25) is 0 Å². The van der Waals surface area contributed by atoms with Gasteiger partial charge in [-0.3, -0.25) is 0 Å². The van der Waals surface area contributed by atoms with Crippen LogP contribution in [0.1, 0.15) is 20.8 Å². The monoisotopic (exact) mass is 224 g/mol. The molecule has 0 amide bonds. The summed E-state index contributed by atoms with van der Waals surface area (Å²) < 4.78 is 0. The maximum Gasteiger partial charge on any atom is 0.0555 e. The lowest BCUT2D eigenvalue weighted by Crippen LogP contribution is -2.21. The molecular formula is C10H28N2O3. The van der Waals surface area contributed by atoms with E-state index in [2.05, 4.69) is 10.6 Å². The third-order valence-corrected chi connectivity index (χ3v) is 1.12. The molecular weight excluding hydrogens is 196 g/mol. The number of hydrogen-bond acceptors (Lipinski definition) is 5. The summed E-state index contributed by atoms with van der Waals surface area (Å²) in [5.74, 6) is 0. The van der Waals surface area contributed by atoms with E-state index in [0.29, 0.717) is 13.1 Å². The first-order valence-electron chi connectivity index (χ1n) is 5.57. The van der Waals surface area contributed by atoms with Gasteiger partial charge in [0.1, 0.15) is 0 Å². The van der Waals surface area contributed by atoms with E-state index in [1.54, 1.807) is 0 Å². The highest BCUT2D eigenvalue weighted by Crippen LogP contribution is 1.54. The van der Waals surface area contributed by atoms with E-state index >= 15 is 0 Å². The third-order valence-electron chi connectivity index (χ3n) is 1.12. The summed E-state index contributed by atoms with van der Waals surface area (Å²) >= 11 is 0. The van der Waals surface area contributed by atoms with Crippen LogP contribution >= 0.6 is 0 Å². The highest BCUT2D eigenvalue weighted by atomic mass is 16.3. The first-order valence-corrected chi connectivity index (χ1v) is 5.57. The van der Waals surface area contributed by atoms with Gasteiger partial charge >= 0.3 is 0 Å². The van der Waals surface area contributed by atoms with Gasteiger partial charge in [-0.25, -0.2) is 0 Å². The molecule has 96 valence electrons. The summed E-state index contributed by atoms with van der Waals surface area (Å²) in [5, 5.41) is 30.2. The normalized spacial score (nSPS) is 8.40. The van der Waals surface area contributed by atoms with Gasteiger partial charge in [0.2, 0.25) is 0 Å². The van der Waals surface area contributed by atoms with Crippen LogP contribution in [0.3, 0.4) is 0 Å². The standard InChI is InChI=1S/C4H11NO2.C4H11NO.C2H6/c6-3-1-5-2-4-7;1-2-5-3-4-6;1-2/h5-7H,1-4H2;5-6H,2-4H2,1H3;1-2H3. The number of likely N-dealkylation sites (N-methyl/N-ethyl adjacent to an activating group) is 1. The number of hydrogen-bond donors (Lipinski definition) is 5. The van der Waals surface area contributed by atoms with Crippen molar-refractivity contribution >= 4 is 0 Å². The first-order chi connectivity index (χ1) is 7.33. The van der Waals surface area contributed by atoms with Crippen LogP contribution in [-0.2, 0) is 0 Å². The molecule has 0 saturated heterocycles. The Balaban J connectivity index is -0.000000166. The first kappa shape index (κ1) is 20.2. The van der Waals surface area contributed by atoms with Gasteiger partial charge in [-0.05, 0) is 6.54 Å². The van der Waals surface area contributed by atoms with Gasteiger partial charge in [0, 0.05) is 19.6 Å². The molecule has 0 aliphatic heterocycles. The molecule has 0 aliphatic carbocycles. The van der Waals surface area contributed by atoms with Gasteiger partial charge in [-0.1, -0.05) is 20.8 Å². The number of aliphatic hydroxyl groups is 3. The molecule has 0 aliphatic rings. The Morgan fingerprint density at radius 2 is 1.07 bits per heavy atom. The Kier molecular flexibility index (Phi) is 39.4. The van der Waals surface area contributed by atoms with Crippen molar-refractivity contribution in [3.63, 3.8) is 0 Å². The second kappa shape index (κ2) is 29.2. The van der Waals surface area contributed by atoms with Crippen molar-refractivity contribution < 1.29 is 15.3 Å². The fraction of sp³-hybridized carbons (Fsp3) is 1.00. The largest absolute Gasteiger partial charge is 0.395 e. The van der Waals surface area contributed by atoms with E-state index in [1.165, 1.54) is 0 Å². The zero-order valence-electron chi connectivity index (χ0n) is 10.3. The predicted molar refractivity (Wildman–Crippen MR) is 64.0 cm³/mol. The lowest BCUT2D eigenvalue weighted by atomic mass is 10.6. The predicted octanol–water partition coefficient (Wildman–Crippen LogP) is -0.825. The molecule has 0 fully saturated rings. The fourth-order valence-electron chi connectivity index (χ4n) is 0.539. The van der Waals surface area contributed by atoms with Crippen molar-refractivity contribution in [2.45, 2.75) is 20.8 Å². The zero-order chi connectivity index (χ0) is 12.4. The van der Waals surface area contributed by atoms with Crippen LogP contribution in [0.4, 0.5) is 0 Å². The lowest BCUT2D eigenvalue weighted by molar-refractivity contribution is 0.266. The molecule has 0 unspecified atom stereocenters. The SMILES string of the molecule is CC.CCNCCO.OCCNCCO. The summed E-state index contributed by atoms with van der Waals surface area (Å²) in [6.45, 7) is 9.34. The Labute approximate surface area is 93.5 Å². The molecule has 0 spiro atoms. The molecule has 0 aromatic rings. The van der Waals surface area contributed by atoms with E-state index in [-0.39, 0.29) is 19.8 Å². The van der Waals surface area contributed by atoms with E-state index in [4.69, 9.17) is 15.3 Å². The minimum Gasteiger partial charge on any atom is -0.395 e.